The number of hydrogen-bond donors (Lipinski definition) is 3. The number of fused-ring (bicyclic) bond motifs is 1. The van der Waals surface area contributed by atoms with Crippen LogP contribution in [0, 0.1) is 0 Å². The highest BCUT2D eigenvalue weighted by atomic mass is 16.5. The summed E-state index contributed by atoms with van der Waals surface area (Å²) in [5.74, 6) is 1.23. The molecule has 1 atom stereocenters. The first-order chi connectivity index (χ1) is 18.4. The number of amides is 6. The number of anilines is 1. The van der Waals surface area contributed by atoms with Gasteiger partial charge in [-0.25, -0.2) is 14.6 Å². The van der Waals surface area contributed by atoms with Gasteiger partial charge in [-0.2, -0.15) is 0 Å². The molecule has 0 spiro atoms. The highest BCUT2D eigenvalue weighted by molar-refractivity contribution is 6.04. The van der Waals surface area contributed by atoms with Crippen molar-refractivity contribution >= 4 is 40.7 Å². The molecule has 2 aromatic rings. The van der Waals surface area contributed by atoms with Gasteiger partial charge in [-0.15, -0.1) is 0 Å². The van der Waals surface area contributed by atoms with E-state index in [-0.39, 0.29) is 11.9 Å². The first-order valence-electron chi connectivity index (χ1n) is 12.4. The largest absolute Gasteiger partial charge is 0.497 e. The van der Waals surface area contributed by atoms with Crippen molar-refractivity contribution in [2.75, 3.05) is 38.2 Å². The Hall–Kier alpha value is -4.61. The number of urea groups is 2. The molecule has 2 fully saturated rings. The van der Waals surface area contributed by atoms with Crippen molar-refractivity contribution in [3.05, 3.63) is 59.2 Å². The molecule has 1 aliphatic carbocycles. The van der Waals surface area contributed by atoms with Crippen molar-refractivity contribution in [3.8, 4) is 0 Å². The Morgan fingerprint density at radius 2 is 2.05 bits per heavy atom. The summed E-state index contributed by atoms with van der Waals surface area (Å²) in [5, 5.41) is 8.08. The molecule has 198 valence electrons. The molecule has 3 aliphatic heterocycles. The summed E-state index contributed by atoms with van der Waals surface area (Å²) in [6.07, 6.45) is 9.07. The number of methoxy groups -OCH3 is 1. The van der Waals surface area contributed by atoms with Crippen LogP contribution in [0.25, 0.3) is 11.0 Å². The minimum absolute atomic E-state index is 0.130. The molecule has 1 unspecified atom stereocenters. The van der Waals surface area contributed by atoms with Crippen LogP contribution in [-0.4, -0.2) is 67.0 Å². The minimum Gasteiger partial charge on any atom is -0.497 e. The maximum Gasteiger partial charge on any atom is 0.323 e. The molecule has 4 aliphatic rings. The second-order valence-corrected chi connectivity index (χ2v) is 9.06. The lowest BCUT2D eigenvalue weighted by Gasteiger charge is -2.26. The summed E-state index contributed by atoms with van der Waals surface area (Å²) >= 11 is 0. The van der Waals surface area contributed by atoms with Gasteiger partial charge in [0.05, 0.1) is 7.11 Å². The number of rotatable bonds is 4. The zero-order valence-electron chi connectivity index (χ0n) is 21.1. The van der Waals surface area contributed by atoms with Gasteiger partial charge in [0.1, 0.15) is 22.9 Å². The molecule has 0 aromatic carbocycles. The van der Waals surface area contributed by atoms with Crippen LogP contribution in [0.1, 0.15) is 31.6 Å². The summed E-state index contributed by atoms with van der Waals surface area (Å²) in [4.78, 5) is 54.3. The molecule has 0 radical (unpaired) electrons. The molecule has 38 heavy (non-hydrogen) atoms. The summed E-state index contributed by atoms with van der Waals surface area (Å²) in [5.41, 5.74) is 2.51. The molecular formula is C26H28N6O6. The fourth-order valence-electron chi connectivity index (χ4n) is 4.64. The normalized spacial score (nSPS) is 20.9. The number of furan rings is 1. The van der Waals surface area contributed by atoms with Crippen molar-refractivity contribution in [3.63, 3.8) is 0 Å². The van der Waals surface area contributed by atoms with Crippen LogP contribution in [0.3, 0.4) is 0 Å². The van der Waals surface area contributed by atoms with Crippen molar-refractivity contribution in [2.45, 2.75) is 25.8 Å². The van der Waals surface area contributed by atoms with Gasteiger partial charge < -0.3 is 24.7 Å². The smallest absolute Gasteiger partial charge is 0.323 e. The van der Waals surface area contributed by atoms with Crippen LogP contribution in [-0.2, 0) is 14.3 Å². The molecule has 0 bridgehead atoms. The van der Waals surface area contributed by atoms with E-state index in [0.29, 0.717) is 35.6 Å². The summed E-state index contributed by atoms with van der Waals surface area (Å²) < 4.78 is 10.8. The Balaban J connectivity index is 0.000000170. The number of aromatic nitrogens is 1. The van der Waals surface area contributed by atoms with E-state index in [0.717, 1.165) is 37.3 Å². The molecule has 12 nitrogen and oxygen atoms in total. The van der Waals surface area contributed by atoms with Crippen molar-refractivity contribution in [2.24, 2.45) is 0 Å². The molecule has 3 N–H and O–H groups in total. The van der Waals surface area contributed by atoms with Crippen LogP contribution in [0.4, 0.5) is 15.4 Å². The first kappa shape index (κ1) is 25.1. The van der Waals surface area contributed by atoms with Crippen molar-refractivity contribution < 1.29 is 28.3 Å². The number of nitrogens with zero attached hydrogens (tertiary/aromatic N) is 3. The number of pyridine rings is 1. The van der Waals surface area contributed by atoms with E-state index in [2.05, 4.69) is 20.9 Å². The number of carbonyl (C=O) groups excluding carboxylic acids is 4. The van der Waals surface area contributed by atoms with Crippen molar-refractivity contribution in [1.82, 2.24) is 25.8 Å². The minimum atomic E-state index is -0.850. The van der Waals surface area contributed by atoms with Crippen LogP contribution in [0.15, 0.2) is 57.9 Å². The third kappa shape index (κ3) is 4.84. The number of carbonyl (C=O) groups is 4. The molecule has 6 amide bonds. The maximum atomic E-state index is 11.9. The monoisotopic (exact) mass is 520 g/mol. The summed E-state index contributed by atoms with van der Waals surface area (Å²) in [6, 6.07) is 1.70. The second-order valence-electron chi connectivity index (χ2n) is 9.06. The average molecular weight is 521 g/mol. The van der Waals surface area contributed by atoms with Gasteiger partial charge in [-0.05, 0) is 43.6 Å². The predicted octanol–water partition coefficient (Wildman–Crippen LogP) is 2.26. The van der Waals surface area contributed by atoms with E-state index in [1.165, 1.54) is 10.5 Å². The average Bonchev–Trinajstić information content (AvgIpc) is 3.52. The Morgan fingerprint density at radius 1 is 1.21 bits per heavy atom. The quantitative estimate of drug-likeness (QED) is 0.524. The maximum absolute atomic E-state index is 11.9. The van der Waals surface area contributed by atoms with Gasteiger partial charge in [-0.3, -0.25) is 19.8 Å². The molecule has 5 heterocycles. The van der Waals surface area contributed by atoms with Crippen LogP contribution >= 0.6 is 0 Å². The van der Waals surface area contributed by atoms with E-state index in [9.17, 15) is 19.2 Å². The SMILES string of the molecule is CCN1CC2=C(C=C(OC)C=CC2)C1=O.O=C1NC(=O)C(c2cc3cnc(N4CCCNC4=O)cc3o2)N1. The van der Waals surface area contributed by atoms with Gasteiger partial charge >= 0.3 is 12.1 Å². The fourth-order valence-corrected chi connectivity index (χ4v) is 4.64. The molecule has 0 saturated carbocycles. The van der Waals surface area contributed by atoms with Gasteiger partial charge in [0, 0.05) is 49.4 Å². The number of likely N-dealkylation sites (N-methyl/N-ethyl adjacent to an activating group) is 1. The first-order valence-corrected chi connectivity index (χ1v) is 12.4. The highest BCUT2D eigenvalue weighted by Gasteiger charge is 2.34. The number of hydrogen-bond acceptors (Lipinski definition) is 7. The van der Waals surface area contributed by atoms with E-state index in [1.807, 2.05) is 30.1 Å². The summed E-state index contributed by atoms with van der Waals surface area (Å²) in [7, 11) is 1.62. The standard InChI is InChI=1S/C14H13N5O4.C12H15NO2/c20-12-11(17-13(21)18-12)9-4-7-6-16-10(5-8(7)23-9)19-3-1-2-15-14(19)22;1-3-13-8-9-5-4-6-10(15-2)7-11(9)12(13)14/h4-6,11H,1-3H2,(H,15,22)(H2,17,18,20,21);4,6-7H,3,5,8H2,1-2H3. The van der Waals surface area contributed by atoms with Crippen LogP contribution in [0.5, 0.6) is 0 Å². The molecule has 2 saturated heterocycles. The number of imide groups is 1. The number of allylic oxidation sites excluding steroid dienone is 2. The highest BCUT2D eigenvalue weighted by Crippen LogP contribution is 2.28. The fraction of sp³-hybridized carbons (Fsp3) is 0.346. The van der Waals surface area contributed by atoms with Gasteiger partial charge in [0.25, 0.3) is 11.8 Å². The lowest BCUT2D eigenvalue weighted by Crippen LogP contribution is -2.46. The van der Waals surface area contributed by atoms with Crippen LogP contribution < -0.4 is 20.9 Å². The molecular weight excluding hydrogens is 492 g/mol. The Bertz CT molecular complexity index is 1410. The Labute approximate surface area is 218 Å². The van der Waals surface area contributed by atoms with E-state index >= 15 is 0 Å². The third-order valence-corrected chi connectivity index (χ3v) is 6.65. The van der Waals surface area contributed by atoms with Crippen LogP contribution in [0.2, 0.25) is 0 Å². The van der Waals surface area contributed by atoms with E-state index < -0.39 is 18.0 Å². The van der Waals surface area contributed by atoms with Gasteiger partial charge in [-0.1, -0.05) is 6.08 Å². The Morgan fingerprint density at radius 3 is 2.76 bits per heavy atom. The Kier molecular flexibility index (Phi) is 6.86. The van der Waals surface area contributed by atoms with Gasteiger partial charge in [0.15, 0.2) is 6.04 Å². The predicted molar refractivity (Wildman–Crippen MR) is 137 cm³/mol. The number of nitrogens with one attached hydrogen (secondary N) is 3. The molecule has 6 rings (SSSR count). The zero-order chi connectivity index (χ0) is 26.8. The van der Waals surface area contributed by atoms with E-state index in [4.69, 9.17) is 9.15 Å². The zero-order valence-corrected chi connectivity index (χ0v) is 21.1. The molecule has 2 aromatic heterocycles. The summed E-state index contributed by atoms with van der Waals surface area (Å²) in [6.45, 7) is 4.77. The lowest BCUT2D eigenvalue weighted by atomic mass is 10.1. The lowest BCUT2D eigenvalue weighted by molar-refractivity contribution is -0.125. The van der Waals surface area contributed by atoms with Crippen molar-refractivity contribution in [1.29, 1.82) is 0 Å². The van der Waals surface area contributed by atoms with E-state index in [1.54, 1.807) is 25.4 Å². The number of ether oxygens (including phenoxy) is 1. The van der Waals surface area contributed by atoms with Gasteiger partial charge in [0.2, 0.25) is 0 Å². The third-order valence-electron chi connectivity index (χ3n) is 6.65. The second kappa shape index (κ2) is 10.4. The topological polar surface area (TPSA) is 146 Å². The molecule has 12 heteroatoms.